The van der Waals surface area contributed by atoms with Gasteiger partial charge in [0.2, 0.25) is 0 Å². The van der Waals surface area contributed by atoms with Crippen molar-refractivity contribution >= 4 is 23.9 Å². The third-order valence-electron chi connectivity index (χ3n) is 5.76. The fourth-order valence-electron chi connectivity index (χ4n) is 4.76. The second kappa shape index (κ2) is 6.38. The van der Waals surface area contributed by atoms with Crippen molar-refractivity contribution in [2.75, 3.05) is 0 Å². The summed E-state index contributed by atoms with van der Waals surface area (Å²) in [6.45, 7) is 5.15. The Labute approximate surface area is 159 Å². The molecule has 156 valence electrons. The Hall–Kier alpha value is -2.26. The number of hydrogen-bond donors (Lipinski definition) is 1. The fourth-order valence-corrected chi connectivity index (χ4v) is 4.76. The number of esters is 3. The molecule has 3 aliphatic rings. The molecule has 10 heteroatoms. The van der Waals surface area contributed by atoms with Crippen LogP contribution in [-0.2, 0) is 33.4 Å². The first-order valence-corrected chi connectivity index (χ1v) is 8.96. The van der Waals surface area contributed by atoms with E-state index in [2.05, 4.69) is 0 Å². The summed E-state index contributed by atoms with van der Waals surface area (Å²) in [4.78, 5) is 47.4. The number of carboxylic acids is 1. The number of alkyl halides is 2. The summed E-state index contributed by atoms with van der Waals surface area (Å²) in [5.41, 5.74) is -1.39. The SMILES string of the molecule is CC(=O)OC1C2CC3C1OC(=O)C3C2C(=O)OC(C(C)(C)C)C(F)(F)C(=O)O. The lowest BCUT2D eigenvalue weighted by Crippen LogP contribution is -2.53. The van der Waals surface area contributed by atoms with Crippen LogP contribution in [0.2, 0.25) is 0 Å². The van der Waals surface area contributed by atoms with Gasteiger partial charge in [-0.1, -0.05) is 20.8 Å². The highest BCUT2D eigenvalue weighted by Crippen LogP contribution is 2.59. The van der Waals surface area contributed by atoms with Crippen molar-refractivity contribution < 1.29 is 47.3 Å². The Morgan fingerprint density at radius 1 is 1.21 bits per heavy atom. The predicted octanol–water partition coefficient (Wildman–Crippen LogP) is 1.40. The lowest BCUT2D eigenvalue weighted by molar-refractivity contribution is -0.212. The van der Waals surface area contributed by atoms with Crippen molar-refractivity contribution in [2.24, 2.45) is 29.1 Å². The summed E-state index contributed by atoms with van der Waals surface area (Å²) in [5.74, 6) is -12.1. The second-order valence-electron chi connectivity index (χ2n) is 8.70. The largest absolute Gasteiger partial charge is 0.477 e. The van der Waals surface area contributed by atoms with E-state index >= 15 is 0 Å². The molecule has 0 aromatic carbocycles. The molecule has 7 atom stereocenters. The van der Waals surface area contributed by atoms with Crippen molar-refractivity contribution in [3.8, 4) is 0 Å². The van der Waals surface area contributed by atoms with Crippen LogP contribution < -0.4 is 0 Å². The number of carbonyl (C=O) groups is 4. The Morgan fingerprint density at radius 3 is 2.32 bits per heavy atom. The molecule has 3 fully saturated rings. The Balaban J connectivity index is 1.88. The van der Waals surface area contributed by atoms with E-state index in [0.29, 0.717) is 6.42 Å². The zero-order chi connectivity index (χ0) is 21.2. The maximum absolute atomic E-state index is 14.2. The summed E-state index contributed by atoms with van der Waals surface area (Å²) < 4.78 is 43.9. The number of carboxylic acid groups (broad SMARTS) is 1. The third kappa shape index (κ3) is 3.02. The third-order valence-corrected chi connectivity index (χ3v) is 5.76. The Kier molecular flexibility index (Phi) is 4.67. The number of fused-ring (bicyclic) bond motifs is 1. The summed E-state index contributed by atoms with van der Waals surface area (Å²) in [6, 6.07) is 0. The van der Waals surface area contributed by atoms with Gasteiger partial charge in [0, 0.05) is 24.2 Å². The van der Waals surface area contributed by atoms with Crippen LogP contribution in [0.5, 0.6) is 0 Å². The van der Waals surface area contributed by atoms with Gasteiger partial charge in [-0.2, -0.15) is 8.78 Å². The van der Waals surface area contributed by atoms with Crippen LogP contribution >= 0.6 is 0 Å². The van der Waals surface area contributed by atoms with Gasteiger partial charge in [-0.25, -0.2) is 4.79 Å². The van der Waals surface area contributed by atoms with Gasteiger partial charge in [-0.15, -0.1) is 0 Å². The molecule has 2 saturated carbocycles. The molecule has 2 aliphatic carbocycles. The molecule has 0 aromatic heterocycles. The standard InChI is InChI=1S/C18H22F2O8/c1-6(21)26-11-7-5-8-9(13(22)27-12(8)11)10(7)14(23)28-15(17(2,3)4)18(19,20)16(24)25/h7-12,15H,5H2,1-4H3,(H,24,25). The molecule has 1 saturated heterocycles. The average Bonchev–Trinajstić information content (AvgIpc) is 3.14. The number of aliphatic carboxylic acids is 1. The monoisotopic (exact) mass is 404 g/mol. The van der Waals surface area contributed by atoms with Crippen LogP contribution in [-0.4, -0.2) is 53.2 Å². The summed E-state index contributed by atoms with van der Waals surface area (Å²) in [6.07, 6.45) is -3.40. The maximum Gasteiger partial charge on any atom is 0.379 e. The van der Waals surface area contributed by atoms with Gasteiger partial charge in [0.15, 0.2) is 6.10 Å². The van der Waals surface area contributed by atoms with Gasteiger partial charge in [0.25, 0.3) is 0 Å². The molecule has 2 bridgehead atoms. The number of hydrogen-bond acceptors (Lipinski definition) is 7. The molecule has 28 heavy (non-hydrogen) atoms. The number of rotatable bonds is 5. The van der Waals surface area contributed by atoms with Crippen LogP contribution in [0.3, 0.4) is 0 Å². The van der Waals surface area contributed by atoms with Gasteiger partial charge >= 0.3 is 29.8 Å². The minimum atomic E-state index is -4.32. The van der Waals surface area contributed by atoms with Gasteiger partial charge in [-0.05, 0) is 6.42 Å². The van der Waals surface area contributed by atoms with Crippen molar-refractivity contribution in [2.45, 2.75) is 58.4 Å². The maximum atomic E-state index is 14.2. The van der Waals surface area contributed by atoms with Crippen LogP contribution in [0.15, 0.2) is 0 Å². The molecule has 8 nitrogen and oxygen atoms in total. The van der Waals surface area contributed by atoms with Crippen LogP contribution in [0, 0.1) is 29.1 Å². The van der Waals surface area contributed by atoms with E-state index in [4.69, 9.17) is 19.3 Å². The molecule has 0 radical (unpaired) electrons. The topological polar surface area (TPSA) is 116 Å². The zero-order valence-corrected chi connectivity index (χ0v) is 15.8. The molecule has 0 amide bonds. The number of halogens is 2. The smallest absolute Gasteiger partial charge is 0.379 e. The quantitative estimate of drug-likeness (QED) is 0.540. The molecular formula is C18H22F2O8. The lowest BCUT2D eigenvalue weighted by atomic mass is 9.78. The van der Waals surface area contributed by atoms with E-state index in [1.807, 2.05) is 0 Å². The Bertz CT molecular complexity index is 728. The minimum Gasteiger partial charge on any atom is -0.477 e. The van der Waals surface area contributed by atoms with Crippen LogP contribution in [0.4, 0.5) is 8.78 Å². The van der Waals surface area contributed by atoms with E-state index in [1.165, 1.54) is 27.7 Å². The van der Waals surface area contributed by atoms with E-state index < -0.39 is 71.3 Å². The van der Waals surface area contributed by atoms with Crippen molar-refractivity contribution in [1.29, 1.82) is 0 Å². The molecule has 1 heterocycles. The van der Waals surface area contributed by atoms with Crippen molar-refractivity contribution in [3.63, 3.8) is 0 Å². The Morgan fingerprint density at radius 2 is 1.82 bits per heavy atom. The van der Waals surface area contributed by atoms with Crippen molar-refractivity contribution in [3.05, 3.63) is 0 Å². The molecular weight excluding hydrogens is 382 g/mol. The first-order valence-electron chi connectivity index (χ1n) is 8.96. The average molecular weight is 404 g/mol. The second-order valence-corrected chi connectivity index (χ2v) is 8.70. The highest BCUT2D eigenvalue weighted by Gasteiger charge is 2.70. The minimum absolute atomic E-state index is 0.355. The van der Waals surface area contributed by atoms with Crippen LogP contribution in [0.25, 0.3) is 0 Å². The van der Waals surface area contributed by atoms with Gasteiger partial charge in [0.05, 0.1) is 11.8 Å². The molecule has 7 unspecified atom stereocenters. The van der Waals surface area contributed by atoms with E-state index in [1.54, 1.807) is 0 Å². The lowest BCUT2D eigenvalue weighted by Gasteiger charge is -2.36. The van der Waals surface area contributed by atoms with E-state index in [9.17, 15) is 28.0 Å². The summed E-state index contributed by atoms with van der Waals surface area (Å²) >= 11 is 0. The zero-order valence-electron chi connectivity index (χ0n) is 15.8. The highest BCUT2D eigenvalue weighted by atomic mass is 19.3. The number of ether oxygens (including phenoxy) is 3. The molecule has 3 rings (SSSR count). The van der Waals surface area contributed by atoms with Gasteiger partial charge < -0.3 is 19.3 Å². The molecule has 0 spiro atoms. The molecule has 0 aromatic rings. The first kappa shape index (κ1) is 20.5. The van der Waals surface area contributed by atoms with Crippen molar-refractivity contribution in [1.82, 2.24) is 0 Å². The number of carbonyl (C=O) groups excluding carboxylic acids is 3. The van der Waals surface area contributed by atoms with Gasteiger partial charge in [0.1, 0.15) is 12.2 Å². The fraction of sp³-hybridized carbons (Fsp3) is 0.778. The highest BCUT2D eigenvalue weighted by molar-refractivity contribution is 5.87. The first-order chi connectivity index (χ1) is 12.8. The summed E-state index contributed by atoms with van der Waals surface area (Å²) in [7, 11) is 0. The predicted molar refractivity (Wildman–Crippen MR) is 85.9 cm³/mol. The van der Waals surface area contributed by atoms with Gasteiger partial charge in [-0.3, -0.25) is 14.4 Å². The van der Waals surface area contributed by atoms with E-state index in [-0.39, 0.29) is 5.92 Å². The molecule has 1 N–H and O–H groups in total. The van der Waals surface area contributed by atoms with E-state index in [0.717, 1.165) is 0 Å². The summed E-state index contributed by atoms with van der Waals surface area (Å²) in [5, 5.41) is 8.87. The molecule has 1 aliphatic heterocycles. The normalized spacial score (nSPS) is 34.7. The van der Waals surface area contributed by atoms with Crippen LogP contribution in [0.1, 0.15) is 34.1 Å².